The Hall–Kier alpha value is -0.580. The molecule has 1 aliphatic rings. The molecule has 0 aliphatic heterocycles. The van der Waals surface area contributed by atoms with E-state index in [2.05, 4.69) is 15.9 Å². The lowest BCUT2D eigenvalue weighted by molar-refractivity contribution is 0.0753. The van der Waals surface area contributed by atoms with Gasteiger partial charge < -0.3 is 15.2 Å². The van der Waals surface area contributed by atoms with Crippen LogP contribution in [0.25, 0.3) is 0 Å². The SMILES string of the molecule is COc1ccc(COCC2CCCC2CN)cc1Br. The smallest absolute Gasteiger partial charge is 0.133 e. The molecule has 1 aromatic carbocycles. The van der Waals surface area contributed by atoms with E-state index in [0.717, 1.165) is 28.9 Å². The van der Waals surface area contributed by atoms with Crippen molar-refractivity contribution in [2.24, 2.45) is 17.6 Å². The number of hydrogen-bond donors (Lipinski definition) is 1. The van der Waals surface area contributed by atoms with E-state index in [1.165, 1.54) is 19.3 Å². The third-order valence-corrected chi connectivity index (χ3v) is 4.56. The van der Waals surface area contributed by atoms with Crippen LogP contribution in [0.4, 0.5) is 0 Å². The average Bonchev–Trinajstić information content (AvgIpc) is 2.86. The van der Waals surface area contributed by atoms with E-state index in [-0.39, 0.29) is 0 Å². The summed E-state index contributed by atoms with van der Waals surface area (Å²) in [6.45, 7) is 2.27. The molecule has 2 atom stereocenters. The molecule has 1 fully saturated rings. The van der Waals surface area contributed by atoms with Gasteiger partial charge in [-0.1, -0.05) is 12.5 Å². The Morgan fingerprint density at radius 1 is 1.32 bits per heavy atom. The summed E-state index contributed by atoms with van der Waals surface area (Å²) >= 11 is 3.49. The monoisotopic (exact) mass is 327 g/mol. The number of methoxy groups -OCH3 is 1. The van der Waals surface area contributed by atoms with E-state index < -0.39 is 0 Å². The van der Waals surface area contributed by atoms with Crippen LogP contribution in [0, 0.1) is 11.8 Å². The normalized spacial score (nSPS) is 22.7. The van der Waals surface area contributed by atoms with E-state index in [9.17, 15) is 0 Å². The molecule has 0 saturated heterocycles. The second-order valence-electron chi connectivity index (χ2n) is 5.17. The molecule has 2 unspecified atom stereocenters. The highest BCUT2D eigenvalue weighted by Crippen LogP contribution is 2.31. The van der Waals surface area contributed by atoms with E-state index in [4.69, 9.17) is 15.2 Å². The van der Waals surface area contributed by atoms with Crippen LogP contribution in [0.3, 0.4) is 0 Å². The summed E-state index contributed by atoms with van der Waals surface area (Å²) in [5.41, 5.74) is 6.95. The van der Waals surface area contributed by atoms with Crippen molar-refractivity contribution in [1.29, 1.82) is 0 Å². The Balaban J connectivity index is 1.81. The minimum atomic E-state index is 0.645. The molecule has 0 amide bonds. The first-order valence-corrected chi connectivity index (χ1v) is 7.64. The molecule has 0 spiro atoms. The van der Waals surface area contributed by atoms with Crippen LogP contribution in [0.15, 0.2) is 22.7 Å². The lowest BCUT2D eigenvalue weighted by Crippen LogP contribution is -2.22. The van der Waals surface area contributed by atoms with Gasteiger partial charge in [0.25, 0.3) is 0 Å². The summed E-state index contributed by atoms with van der Waals surface area (Å²) in [6.07, 6.45) is 3.82. The molecule has 1 aliphatic carbocycles. The molecule has 0 heterocycles. The maximum absolute atomic E-state index is 5.85. The number of hydrogen-bond acceptors (Lipinski definition) is 3. The van der Waals surface area contributed by atoms with Crippen molar-refractivity contribution < 1.29 is 9.47 Å². The Labute approximate surface area is 123 Å². The molecule has 0 bridgehead atoms. The van der Waals surface area contributed by atoms with Crippen molar-refractivity contribution in [1.82, 2.24) is 0 Å². The van der Waals surface area contributed by atoms with Gasteiger partial charge in [0.2, 0.25) is 0 Å². The van der Waals surface area contributed by atoms with Gasteiger partial charge in [0.1, 0.15) is 5.75 Å². The highest BCUT2D eigenvalue weighted by molar-refractivity contribution is 9.10. The van der Waals surface area contributed by atoms with Crippen molar-refractivity contribution in [3.05, 3.63) is 28.2 Å². The topological polar surface area (TPSA) is 44.5 Å². The summed E-state index contributed by atoms with van der Waals surface area (Å²) in [5.74, 6) is 2.15. The number of ether oxygens (including phenoxy) is 2. The zero-order valence-corrected chi connectivity index (χ0v) is 13.0. The minimum Gasteiger partial charge on any atom is -0.496 e. The van der Waals surface area contributed by atoms with E-state index in [1.807, 2.05) is 18.2 Å². The largest absolute Gasteiger partial charge is 0.496 e. The van der Waals surface area contributed by atoms with Crippen LogP contribution >= 0.6 is 15.9 Å². The van der Waals surface area contributed by atoms with Gasteiger partial charge in [-0.2, -0.15) is 0 Å². The third kappa shape index (κ3) is 3.94. The van der Waals surface area contributed by atoms with Gasteiger partial charge in [-0.15, -0.1) is 0 Å². The predicted molar refractivity (Wildman–Crippen MR) is 80.2 cm³/mol. The number of rotatable bonds is 6. The number of benzene rings is 1. The third-order valence-electron chi connectivity index (χ3n) is 3.94. The quantitative estimate of drug-likeness (QED) is 0.871. The molecular weight excluding hydrogens is 306 g/mol. The molecule has 106 valence electrons. The molecule has 4 heteroatoms. The number of nitrogens with two attached hydrogens (primary N) is 1. The van der Waals surface area contributed by atoms with Crippen molar-refractivity contribution >= 4 is 15.9 Å². The molecular formula is C15H22BrNO2. The van der Waals surface area contributed by atoms with Crippen molar-refractivity contribution in [2.75, 3.05) is 20.3 Å². The molecule has 0 aromatic heterocycles. The second-order valence-corrected chi connectivity index (χ2v) is 6.03. The summed E-state index contributed by atoms with van der Waals surface area (Å²) in [7, 11) is 1.67. The first-order chi connectivity index (χ1) is 9.24. The van der Waals surface area contributed by atoms with Crippen molar-refractivity contribution in [3.63, 3.8) is 0 Å². The highest BCUT2D eigenvalue weighted by atomic mass is 79.9. The maximum Gasteiger partial charge on any atom is 0.133 e. The molecule has 1 saturated carbocycles. The fraction of sp³-hybridized carbons (Fsp3) is 0.600. The molecule has 3 nitrogen and oxygen atoms in total. The number of halogens is 1. The van der Waals surface area contributed by atoms with Crippen LogP contribution in [-0.4, -0.2) is 20.3 Å². The minimum absolute atomic E-state index is 0.645. The van der Waals surface area contributed by atoms with Crippen molar-refractivity contribution in [3.8, 4) is 5.75 Å². The maximum atomic E-state index is 5.85. The Morgan fingerprint density at radius 2 is 2.11 bits per heavy atom. The molecule has 19 heavy (non-hydrogen) atoms. The summed E-state index contributed by atoms with van der Waals surface area (Å²) < 4.78 is 12.0. The lowest BCUT2D eigenvalue weighted by atomic mass is 9.97. The highest BCUT2D eigenvalue weighted by Gasteiger charge is 2.25. The lowest BCUT2D eigenvalue weighted by Gasteiger charge is -2.17. The van der Waals surface area contributed by atoms with Gasteiger partial charge in [-0.05, 0) is 64.8 Å². The van der Waals surface area contributed by atoms with Crippen LogP contribution in [0.5, 0.6) is 5.75 Å². The predicted octanol–water partition coefficient (Wildman–Crippen LogP) is 3.35. The zero-order valence-electron chi connectivity index (χ0n) is 11.4. The van der Waals surface area contributed by atoms with Gasteiger partial charge in [-0.3, -0.25) is 0 Å². The summed E-state index contributed by atoms with van der Waals surface area (Å²) in [6, 6.07) is 6.05. The van der Waals surface area contributed by atoms with Gasteiger partial charge in [0, 0.05) is 0 Å². The average molecular weight is 328 g/mol. The van der Waals surface area contributed by atoms with E-state index >= 15 is 0 Å². The van der Waals surface area contributed by atoms with Crippen LogP contribution in [0.1, 0.15) is 24.8 Å². The van der Waals surface area contributed by atoms with E-state index in [0.29, 0.717) is 18.4 Å². The van der Waals surface area contributed by atoms with Gasteiger partial charge in [-0.25, -0.2) is 0 Å². The Kier molecular flexibility index (Phi) is 5.67. The standard InChI is InChI=1S/C15H22BrNO2/c1-18-15-6-5-11(7-14(15)16)9-19-10-13-4-2-3-12(13)8-17/h5-7,12-13H,2-4,8-10,17H2,1H3. The first kappa shape index (κ1) is 14.8. The Morgan fingerprint density at radius 3 is 2.79 bits per heavy atom. The molecule has 0 radical (unpaired) electrons. The molecule has 2 rings (SSSR count). The first-order valence-electron chi connectivity index (χ1n) is 6.84. The van der Waals surface area contributed by atoms with Gasteiger partial charge >= 0.3 is 0 Å². The molecule has 2 N–H and O–H groups in total. The van der Waals surface area contributed by atoms with Crippen LogP contribution in [-0.2, 0) is 11.3 Å². The van der Waals surface area contributed by atoms with Crippen LogP contribution < -0.4 is 10.5 Å². The van der Waals surface area contributed by atoms with Crippen LogP contribution in [0.2, 0.25) is 0 Å². The van der Waals surface area contributed by atoms with Gasteiger partial charge in [0.05, 0.1) is 24.8 Å². The second kappa shape index (κ2) is 7.27. The fourth-order valence-electron chi connectivity index (χ4n) is 2.77. The Bertz CT molecular complexity index is 411. The fourth-order valence-corrected chi connectivity index (χ4v) is 3.36. The van der Waals surface area contributed by atoms with Crippen molar-refractivity contribution in [2.45, 2.75) is 25.9 Å². The summed E-state index contributed by atoms with van der Waals surface area (Å²) in [4.78, 5) is 0. The summed E-state index contributed by atoms with van der Waals surface area (Å²) in [5, 5.41) is 0. The van der Waals surface area contributed by atoms with E-state index in [1.54, 1.807) is 7.11 Å². The van der Waals surface area contributed by atoms with Gasteiger partial charge in [0.15, 0.2) is 0 Å². The zero-order chi connectivity index (χ0) is 13.7. The molecule has 1 aromatic rings.